The Morgan fingerprint density at radius 3 is 2.77 bits per heavy atom. The molecule has 0 unspecified atom stereocenters. The minimum Gasteiger partial charge on any atom is -0.468 e. The van der Waals surface area contributed by atoms with Gasteiger partial charge in [0.1, 0.15) is 0 Å². The molecule has 0 bridgehead atoms. The Bertz CT molecular complexity index is 300. The number of anilines is 2. The summed E-state index contributed by atoms with van der Waals surface area (Å²) >= 11 is 0. The summed E-state index contributed by atoms with van der Waals surface area (Å²) in [6, 6.07) is 5.29. The lowest BCUT2D eigenvalue weighted by Gasteiger charge is -2.05. The van der Waals surface area contributed by atoms with Crippen molar-refractivity contribution < 1.29 is 9.53 Å². The predicted octanol–water partition coefficient (Wildman–Crippen LogP) is 0.566. The molecule has 0 spiro atoms. The van der Waals surface area contributed by atoms with Gasteiger partial charge in [-0.05, 0) is 17.7 Å². The first-order chi connectivity index (χ1) is 6.24. The van der Waals surface area contributed by atoms with Crippen molar-refractivity contribution in [3.63, 3.8) is 0 Å². The van der Waals surface area contributed by atoms with Crippen LogP contribution in [0.5, 0.6) is 0 Å². The molecule has 4 heteroatoms. The number of nitrogen functional groups attached to an aromatic ring is 2. The van der Waals surface area contributed by atoms with Crippen molar-refractivity contribution >= 4 is 17.8 Å². The fraction of sp³-hybridized carbons (Fsp3) is 0.222. The zero-order chi connectivity index (χ0) is 9.68. The van der Waals surface area contributed by atoms with Crippen LogP contribution in [0.25, 0.3) is 0 Å². The van der Waals surface area contributed by atoms with E-state index in [0.29, 0.717) is 30.9 Å². The lowest BCUT2D eigenvalue weighted by atomic mass is 10.1. The number of ether oxygens (including phenoxy) is 1. The van der Waals surface area contributed by atoms with Crippen LogP contribution in [0.4, 0.5) is 11.4 Å². The molecule has 0 saturated heterocycles. The molecule has 70 valence electrons. The van der Waals surface area contributed by atoms with Gasteiger partial charge in [-0.1, -0.05) is 6.07 Å². The van der Waals surface area contributed by atoms with Crippen LogP contribution in [0.15, 0.2) is 18.2 Å². The predicted molar refractivity (Wildman–Crippen MR) is 51.0 cm³/mol. The molecule has 0 heterocycles. The first-order valence-electron chi connectivity index (χ1n) is 3.93. The Morgan fingerprint density at radius 2 is 2.15 bits per heavy atom. The summed E-state index contributed by atoms with van der Waals surface area (Å²) in [4.78, 5) is 9.86. The van der Waals surface area contributed by atoms with Gasteiger partial charge in [-0.2, -0.15) is 0 Å². The van der Waals surface area contributed by atoms with E-state index in [9.17, 15) is 4.79 Å². The molecule has 0 atom stereocenters. The maximum absolute atomic E-state index is 9.86. The first kappa shape index (κ1) is 9.38. The van der Waals surface area contributed by atoms with E-state index < -0.39 is 0 Å². The number of rotatable bonds is 4. The summed E-state index contributed by atoms with van der Waals surface area (Å²) in [7, 11) is 0. The largest absolute Gasteiger partial charge is 0.468 e. The van der Waals surface area contributed by atoms with E-state index in [4.69, 9.17) is 11.5 Å². The average molecular weight is 180 g/mol. The monoisotopic (exact) mass is 180 g/mol. The van der Waals surface area contributed by atoms with Crippen LogP contribution in [-0.4, -0.2) is 13.1 Å². The van der Waals surface area contributed by atoms with Gasteiger partial charge in [0.05, 0.1) is 6.61 Å². The normalized spacial score (nSPS) is 9.54. The molecule has 13 heavy (non-hydrogen) atoms. The number of hydrogen-bond acceptors (Lipinski definition) is 4. The summed E-state index contributed by atoms with van der Waals surface area (Å²) in [6.45, 7) is 0.769. The van der Waals surface area contributed by atoms with Gasteiger partial charge in [-0.3, -0.25) is 4.79 Å². The van der Waals surface area contributed by atoms with Gasteiger partial charge in [0, 0.05) is 17.8 Å². The second-order valence-corrected chi connectivity index (χ2v) is 2.68. The highest BCUT2D eigenvalue weighted by atomic mass is 16.5. The summed E-state index contributed by atoms with van der Waals surface area (Å²) in [6.07, 6.45) is 0.616. The zero-order valence-electron chi connectivity index (χ0n) is 7.19. The quantitative estimate of drug-likeness (QED) is 0.403. The van der Waals surface area contributed by atoms with Crippen LogP contribution in [0.3, 0.4) is 0 Å². The number of hydrogen-bond donors (Lipinski definition) is 2. The van der Waals surface area contributed by atoms with Crippen LogP contribution >= 0.6 is 0 Å². The third kappa shape index (κ3) is 2.66. The van der Waals surface area contributed by atoms with Crippen molar-refractivity contribution in [2.24, 2.45) is 0 Å². The molecule has 0 amide bonds. The van der Waals surface area contributed by atoms with Crippen LogP contribution in [0, 0.1) is 0 Å². The molecular formula is C9H12N2O2. The average Bonchev–Trinajstić information content (AvgIpc) is 2.09. The van der Waals surface area contributed by atoms with Gasteiger partial charge in [0.15, 0.2) is 0 Å². The minimum atomic E-state index is 0.345. The van der Waals surface area contributed by atoms with Gasteiger partial charge in [-0.15, -0.1) is 0 Å². The Morgan fingerprint density at radius 1 is 1.38 bits per heavy atom. The number of carbonyl (C=O) groups excluding carboxylic acids is 1. The van der Waals surface area contributed by atoms with Crippen LogP contribution < -0.4 is 11.5 Å². The van der Waals surface area contributed by atoms with Crippen molar-refractivity contribution in [1.29, 1.82) is 0 Å². The Kier molecular flexibility index (Phi) is 3.14. The first-order valence-corrected chi connectivity index (χ1v) is 3.93. The number of carbonyl (C=O) groups is 1. The molecule has 0 aromatic heterocycles. The molecule has 1 aromatic rings. The van der Waals surface area contributed by atoms with Gasteiger partial charge in [-0.25, -0.2) is 0 Å². The topological polar surface area (TPSA) is 78.3 Å². The molecule has 4 nitrogen and oxygen atoms in total. The van der Waals surface area contributed by atoms with Crippen molar-refractivity contribution in [2.45, 2.75) is 6.42 Å². The van der Waals surface area contributed by atoms with Crippen molar-refractivity contribution in [2.75, 3.05) is 18.1 Å². The molecule has 0 aliphatic heterocycles. The van der Waals surface area contributed by atoms with Gasteiger partial charge in [0.25, 0.3) is 6.47 Å². The van der Waals surface area contributed by atoms with Gasteiger partial charge >= 0.3 is 0 Å². The summed E-state index contributed by atoms with van der Waals surface area (Å²) < 4.78 is 4.56. The van der Waals surface area contributed by atoms with E-state index >= 15 is 0 Å². The van der Waals surface area contributed by atoms with E-state index in [1.54, 1.807) is 12.1 Å². The van der Waals surface area contributed by atoms with E-state index in [2.05, 4.69) is 4.74 Å². The molecule has 0 aliphatic rings. The summed E-state index contributed by atoms with van der Waals surface area (Å²) in [5.41, 5.74) is 13.4. The maximum atomic E-state index is 9.86. The van der Waals surface area contributed by atoms with Crippen molar-refractivity contribution in [1.82, 2.24) is 0 Å². The van der Waals surface area contributed by atoms with E-state index in [1.165, 1.54) is 0 Å². The molecular weight excluding hydrogens is 168 g/mol. The SMILES string of the molecule is Nc1ccc(CCOC=O)c(N)c1. The maximum Gasteiger partial charge on any atom is 0.293 e. The highest BCUT2D eigenvalue weighted by Gasteiger charge is 1.98. The number of nitrogens with two attached hydrogens (primary N) is 2. The lowest BCUT2D eigenvalue weighted by molar-refractivity contribution is -0.128. The Balaban J connectivity index is 2.61. The Labute approximate surface area is 76.5 Å². The molecule has 0 radical (unpaired) electrons. The summed E-state index contributed by atoms with van der Waals surface area (Å²) in [5, 5.41) is 0. The standard InChI is InChI=1S/C9H12N2O2/c10-8-2-1-7(9(11)5-8)3-4-13-6-12/h1-2,5-6H,3-4,10-11H2. The Hall–Kier alpha value is -1.71. The molecule has 1 aromatic carbocycles. The molecule has 0 fully saturated rings. The number of benzene rings is 1. The van der Waals surface area contributed by atoms with Gasteiger partial charge < -0.3 is 16.2 Å². The van der Waals surface area contributed by atoms with Crippen molar-refractivity contribution in [3.05, 3.63) is 23.8 Å². The minimum absolute atomic E-state index is 0.345. The molecule has 1 rings (SSSR count). The van der Waals surface area contributed by atoms with E-state index in [-0.39, 0.29) is 0 Å². The molecule has 0 saturated carbocycles. The molecule has 4 N–H and O–H groups in total. The van der Waals surface area contributed by atoms with Crippen LogP contribution in [0.1, 0.15) is 5.56 Å². The highest BCUT2D eigenvalue weighted by molar-refractivity contribution is 5.56. The summed E-state index contributed by atoms with van der Waals surface area (Å²) in [5.74, 6) is 0. The fourth-order valence-electron chi connectivity index (χ4n) is 1.06. The van der Waals surface area contributed by atoms with E-state index in [0.717, 1.165) is 5.56 Å². The second-order valence-electron chi connectivity index (χ2n) is 2.68. The van der Waals surface area contributed by atoms with Crippen LogP contribution in [-0.2, 0) is 16.0 Å². The lowest BCUT2D eigenvalue weighted by Crippen LogP contribution is -2.01. The third-order valence-electron chi connectivity index (χ3n) is 1.73. The van der Waals surface area contributed by atoms with Gasteiger partial charge in [0.2, 0.25) is 0 Å². The van der Waals surface area contributed by atoms with E-state index in [1.807, 2.05) is 6.07 Å². The highest BCUT2D eigenvalue weighted by Crippen LogP contribution is 2.15. The zero-order valence-corrected chi connectivity index (χ0v) is 7.19. The molecule has 0 aliphatic carbocycles. The van der Waals surface area contributed by atoms with Crippen LogP contribution in [0.2, 0.25) is 0 Å². The van der Waals surface area contributed by atoms with Crippen molar-refractivity contribution in [3.8, 4) is 0 Å². The smallest absolute Gasteiger partial charge is 0.293 e. The second kappa shape index (κ2) is 4.35. The third-order valence-corrected chi connectivity index (χ3v) is 1.73. The fourth-order valence-corrected chi connectivity index (χ4v) is 1.06.